The largest absolute Gasteiger partial charge is 0.330 e. The van der Waals surface area contributed by atoms with Crippen LogP contribution in [0.2, 0.25) is 0 Å². The molecule has 0 heterocycles. The summed E-state index contributed by atoms with van der Waals surface area (Å²) in [4.78, 5) is 0. The van der Waals surface area contributed by atoms with Crippen LogP contribution in [0.4, 0.5) is 0 Å². The average molecular weight is 180 g/mol. The Hall–Kier alpha value is -0.340. The molecule has 0 aromatic carbocycles. The molecule has 1 fully saturated rings. The third-order valence-corrected chi connectivity index (χ3v) is 3.42. The molecule has 0 spiro atoms. The van der Waals surface area contributed by atoms with Crippen molar-refractivity contribution in [2.24, 2.45) is 11.7 Å². The molecule has 2 nitrogen and oxygen atoms in total. The molecule has 2 unspecified atom stereocenters. The maximum atomic E-state index is 5.74. The summed E-state index contributed by atoms with van der Waals surface area (Å²) in [7, 11) is 0. The second-order valence-corrected chi connectivity index (χ2v) is 4.34. The second-order valence-electron chi connectivity index (χ2n) is 4.34. The molecule has 0 amide bonds. The zero-order valence-electron chi connectivity index (χ0n) is 8.21. The Bertz CT molecular complexity index is 181. The first-order chi connectivity index (χ1) is 6.40. The Balaban J connectivity index is 1.79. The van der Waals surface area contributed by atoms with Crippen LogP contribution in [0, 0.1) is 5.92 Å². The molecule has 2 aliphatic rings. The lowest BCUT2D eigenvalue weighted by Crippen LogP contribution is -2.41. The Morgan fingerprint density at radius 1 is 1.23 bits per heavy atom. The molecular weight excluding hydrogens is 160 g/mol. The molecule has 0 radical (unpaired) electrons. The highest BCUT2D eigenvalue weighted by atomic mass is 15.0. The Morgan fingerprint density at radius 2 is 2.00 bits per heavy atom. The van der Waals surface area contributed by atoms with Crippen molar-refractivity contribution in [1.82, 2.24) is 5.32 Å². The molecule has 3 N–H and O–H groups in total. The standard InChI is InChI=1S/C11H20N2/c12-8-9-4-3-7-11(9)13-10-5-1-2-6-10/h1-2,9-11,13H,3-8,12H2. The first kappa shape index (κ1) is 9.22. The van der Waals surface area contributed by atoms with Gasteiger partial charge in [-0.2, -0.15) is 0 Å². The fourth-order valence-corrected chi connectivity index (χ4v) is 2.59. The third-order valence-electron chi connectivity index (χ3n) is 3.42. The van der Waals surface area contributed by atoms with Crippen LogP contribution in [0.15, 0.2) is 12.2 Å². The summed E-state index contributed by atoms with van der Waals surface area (Å²) in [5.74, 6) is 0.737. The number of hydrogen-bond donors (Lipinski definition) is 2. The highest BCUT2D eigenvalue weighted by Crippen LogP contribution is 2.26. The van der Waals surface area contributed by atoms with Crippen molar-refractivity contribution in [3.8, 4) is 0 Å². The smallest absolute Gasteiger partial charge is 0.0139 e. The molecule has 74 valence electrons. The lowest BCUT2D eigenvalue weighted by Gasteiger charge is -2.23. The van der Waals surface area contributed by atoms with Gasteiger partial charge in [-0.15, -0.1) is 0 Å². The molecule has 0 saturated heterocycles. The SMILES string of the molecule is NCC1CCCC1NC1CC=CC1. The summed E-state index contributed by atoms with van der Waals surface area (Å²) < 4.78 is 0. The molecule has 2 heteroatoms. The Morgan fingerprint density at radius 3 is 2.69 bits per heavy atom. The van der Waals surface area contributed by atoms with Gasteiger partial charge in [-0.25, -0.2) is 0 Å². The minimum atomic E-state index is 0.704. The molecule has 2 atom stereocenters. The first-order valence-corrected chi connectivity index (χ1v) is 5.51. The van der Waals surface area contributed by atoms with E-state index in [9.17, 15) is 0 Å². The molecule has 1 saturated carbocycles. The van der Waals surface area contributed by atoms with Gasteiger partial charge < -0.3 is 11.1 Å². The van der Waals surface area contributed by atoms with E-state index in [-0.39, 0.29) is 0 Å². The highest BCUT2D eigenvalue weighted by molar-refractivity contribution is 4.99. The summed E-state index contributed by atoms with van der Waals surface area (Å²) in [5, 5.41) is 3.74. The van der Waals surface area contributed by atoms with E-state index >= 15 is 0 Å². The predicted molar refractivity (Wildman–Crippen MR) is 55.5 cm³/mol. The number of nitrogens with one attached hydrogen (secondary N) is 1. The number of rotatable bonds is 3. The van der Waals surface area contributed by atoms with E-state index in [4.69, 9.17) is 5.73 Å². The monoisotopic (exact) mass is 180 g/mol. The van der Waals surface area contributed by atoms with E-state index in [1.165, 1.54) is 32.1 Å². The minimum absolute atomic E-state index is 0.704. The van der Waals surface area contributed by atoms with Crippen LogP contribution in [-0.2, 0) is 0 Å². The van der Waals surface area contributed by atoms with Crippen molar-refractivity contribution in [3.05, 3.63) is 12.2 Å². The van der Waals surface area contributed by atoms with Crippen LogP contribution in [0.5, 0.6) is 0 Å². The summed E-state index contributed by atoms with van der Waals surface area (Å²) in [6.45, 7) is 0.859. The Kier molecular flexibility index (Phi) is 3.01. The fourth-order valence-electron chi connectivity index (χ4n) is 2.59. The van der Waals surface area contributed by atoms with Crippen LogP contribution in [0.25, 0.3) is 0 Å². The van der Waals surface area contributed by atoms with Gasteiger partial charge in [0.05, 0.1) is 0 Å². The van der Waals surface area contributed by atoms with Crippen LogP contribution in [0.3, 0.4) is 0 Å². The van der Waals surface area contributed by atoms with Crippen molar-refractivity contribution in [2.45, 2.75) is 44.2 Å². The van der Waals surface area contributed by atoms with Gasteiger partial charge in [-0.05, 0) is 38.1 Å². The van der Waals surface area contributed by atoms with Crippen LogP contribution in [-0.4, -0.2) is 18.6 Å². The van der Waals surface area contributed by atoms with Crippen molar-refractivity contribution < 1.29 is 0 Å². The van der Waals surface area contributed by atoms with E-state index in [0.717, 1.165) is 12.5 Å². The zero-order chi connectivity index (χ0) is 9.10. The quantitative estimate of drug-likeness (QED) is 0.645. The summed E-state index contributed by atoms with van der Waals surface area (Å²) in [5.41, 5.74) is 5.74. The summed E-state index contributed by atoms with van der Waals surface area (Å²) in [6, 6.07) is 1.41. The minimum Gasteiger partial charge on any atom is -0.330 e. The van der Waals surface area contributed by atoms with Gasteiger partial charge in [-0.3, -0.25) is 0 Å². The molecular formula is C11H20N2. The first-order valence-electron chi connectivity index (χ1n) is 5.51. The van der Waals surface area contributed by atoms with Crippen molar-refractivity contribution in [2.75, 3.05) is 6.54 Å². The third kappa shape index (κ3) is 2.12. The van der Waals surface area contributed by atoms with Gasteiger partial charge in [0.2, 0.25) is 0 Å². The van der Waals surface area contributed by atoms with Gasteiger partial charge in [-0.1, -0.05) is 18.6 Å². The predicted octanol–water partition coefficient (Wildman–Crippen LogP) is 1.42. The topological polar surface area (TPSA) is 38.0 Å². The zero-order valence-corrected chi connectivity index (χ0v) is 8.21. The summed E-state index contributed by atoms with van der Waals surface area (Å²) >= 11 is 0. The van der Waals surface area contributed by atoms with Gasteiger partial charge in [0, 0.05) is 12.1 Å². The van der Waals surface area contributed by atoms with E-state index in [2.05, 4.69) is 17.5 Å². The summed E-state index contributed by atoms with van der Waals surface area (Å²) in [6.07, 6.45) is 11.0. The number of nitrogens with two attached hydrogens (primary N) is 1. The van der Waals surface area contributed by atoms with Crippen molar-refractivity contribution in [1.29, 1.82) is 0 Å². The van der Waals surface area contributed by atoms with E-state index in [1.807, 2.05) is 0 Å². The molecule has 13 heavy (non-hydrogen) atoms. The van der Waals surface area contributed by atoms with Gasteiger partial charge in [0.15, 0.2) is 0 Å². The van der Waals surface area contributed by atoms with Crippen LogP contribution < -0.4 is 11.1 Å². The second kappa shape index (κ2) is 4.25. The van der Waals surface area contributed by atoms with Gasteiger partial charge in [0.25, 0.3) is 0 Å². The van der Waals surface area contributed by atoms with Crippen molar-refractivity contribution in [3.63, 3.8) is 0 Å². The lowest BCUT2D eigenvalue weighted by molar-refractivity contribution is 0.365. The number of hydrogen-bond acceptors (Lipinski definition) is 2. The van der Waals surface area contributed by atoms with Gasteiger partial charge in [0.1, 0.15) is 0 Å². The average Bonchev–Trinajstić information content (AvgIpc) is 2.76. The van der Waals surface area contributed by atoms with Crippen molar-refractivity contribution >= 4 is 0 Å². The highest BCUT2D eigenvalue weighted by Gasteiger charge is 2.27. The Labute approximate surface area is 80.6 Å². The molecule has 2 rings (SSSR count). The van der Waals surface area contributed by atoms with Crippen LogP contribution >= 0.6 is 0 Å². The molecule has 0 aliphatic heterocycles. The molecule has 0 aromatic rings. The molecule has 0 aromatic heterocycles. The normalized spacial score (nSPS) is 34.5. The maximum absolute atomic E-state index is 5.74. The van der Waals surface area contributed by atoms with Crippen LogP contribution in [0.1, 0.15) is 32.1 Å². The van der Waals surface area contributed by atoms with E-state index in [1.54, 1.807) is 0 Å². The fraction of sp³-hybridized carbons (Fsp3) is 0.818. The lowest BCUT2D eigenvalue weighted by atomic mass is 10.0. The molecule has 2 aliphatic carbocycles. The maximum Gasteiger partial charge on any atom is 0.0139 e. The van der Waals surface area contributed by atoms with Gasteiger partial charge >= 0.3 is 0 Å². The van der Waals surface area contributed by atoms with E-state index < -0.39 is 0 Å². The van der Waals surface area contributed by atoms with E-state index in [0.29, 0.717) is 12.1 Å². The molecule has 0 bridgehead atoms.